The van der Waals surface area contributed by atoms with Gasteiger partial charge < -0.3 is 10.2 Å². The number of nitrogens with one attached hydrogen (secondary N) is 1. The van der Waals surface area contributed by atoms with Gasteiger partial charge >= 0.3 is 0 Å². The zero-order chi connectivity index (χ0) is 20.7. The molecule has 0 saturated carbocycles. The number of benzene rings is 2. The molecule has 3 aromatic rings. The van der Waals surface area contributed by atoms with Crippen molar-refractivity contribution in [1.82, 2.24) is 14.9 Å². The topological polar surface area (TPSA) is 61.4 Å². The van der Waals surface area contributed by atoms with Crippen molar-refractivity contribution in [2.45, 2.75) is 31.8 Å². The molecule has 0 spiro atoms. The van der Waals surface area contributed by atoms with Crippen molar-refractivity contribution in [3.8, 4) is 0 Å². The molecule has 2 fully saturated rings. The van der Waals surface area contributed by atoms with E-state index < -0.39 is 0 Å². The minimum absolute atomic E-state index is 0.107. The maximum Gasteiger partial charge on any atom is 0.238 e. The van der Waals surface area contributed by atoms with Gasteiger partial charge in [-0.1, -0.05) is 18.2 Å². The SMILES string of the molecule is Cc1c(F)cccc1NC(=O)CN1CC2CCC(C1)N2c1ncnc2ccccc12. The van der Waals surface area contributed by atoms with Crippen molar-refractivity contribution in [2.24, 2.45) is 0 Å². The van der Waals surface area contributed by atoms with Crippen molar-refractivity contribution in [2.75, 3.05) is 29.9 Å². The van der Waals surface area contributed by atoms with Crippen LogP contribution in [0.4, 0.5) is 15.9 Å². The number of aromatic nitrogens is 2. The summed E-state index contributed by atoms with van der Waals surface area (Å²) < 4.78 is 13.7. The summed E-state index contributed by atoms with van der Waals surface area (Å²) in [4.78, 5) is 26.2. The number of rotatable bonds is 4. The Balaban J connectivity index is 1.30. The van der Waals surface area contributed by atoms with E-state index >= 15 is 0 Å². The molecule has 2 aliphatic heterocycles. The Kier molecular flexibility index (Phi) is 4.83. The van der Waals surface area contributed by atoms with E-state index in [2.05, 4.69) is 31.2 Å². The highest BCUT2D eigenvalue weighted by atomic mass is 19.1. The van der Waals surface area contributed by atoms with E-state index in [1.54, 1.807) is 25.4 Å². The van der Waals surface area contributed by atoms with Crippen LogP contribution in [0.1, 0.15) is 18.4 Å². The zero-order valence-electron chi connectivity index (χ0n) is 16.9. The summed E-state index contributed by atoms with van der Waals surface area (Å²) in [6, 6.07) is 13.5. The van der Waals surface area contributed by atoms with Crippen molar-refractivity contribution < 1.29 is 9.18 Å². The van der Waals surface area contributed by atoms with E-state index in [0.717, 1.165) is 42.7 Å². The van der Waals surface area contributed by atoms with Crippen LogP contribution in [0.15, 0.2) is 48.8 Å². The minimum atomic E-state index is -0.309. The molecule has 30 heavy (non-hydrogen) atoms. The molecule has 2 aromatic carbocycles. The standard InChI is InChI=1S/C23H24FN5O/c1-15-19(24)6-4-8-20(15)27-22(30)13-28-11-16-9-10-17(12-28)29(16)23-18-5-2-3-7-21(18)25-14-26-23/h2-8,14,16-17H,9-13H2,1H3,(H,27,30). The Morgan fingerprint density at radius 2 is 1.87 bits per heavy atom. The first-order valence-electron chi connectivity index (χ1n) is 10.4. The second-order valence-electron chi connectivity index (χ2n) is 8.16. The molecule has 1 N–H and O–H groups in total. The number of hydrogen-bond acceptors (Lipinski definition) is 5. The lowest BCUT2D eigenvalue weighted by Crippen LogP contribution is -2.55. The van der Waals surface area contributed by atoms with Crippen LogP contribution < -0.4 is 10.2 Å². The third-order valence-electron chi connectivity index (χ3n) is 6.23. The molecule has 2 unspecified atom stereocenters. The number of piperazine rings is 1. The van der Waals surface area contributed by atoms with Crippen molar-refractivity contribution in [3.63, 3.8) is 0 Å². The molecular weight excluding hydrogens is 381 g/mol. The van der Waals surface area contributed by atoms with Crippen LogP contribution in [0.5, 0.6) is 0 Å². The summed E-state index contributed by atoms with van der Waals surface area (Å²) >= 11 is 0. The fraction of sp³-hybridized carbons (Fsp3) is 0.348. The first-order valence-corrected chi connectivity index (χ1v) is 10.4. The number of para-hydroxylation sites is 1. The lowest BCUT2D eigenvalue weighted by Gasteiger charge is -2.41. The van der Waals surface area contributed by atoms with Gasteiger partial charge in [-0.25, -0.2) is 14.4 Å². The lowest BCUT2D eigenvalue weighted by molar-refractivity contribution is -0.117. The van der Waals surface area contributed by atoms with Gasteiger partial charge in [0.25, 0.3) is 0 Å². The summed E-state index contributed by atoms with van der Waals surface area (Å²) in [6.07, 6.45) is 3.81. The van der Waals surface area contributed by atoms with Crippen molar-refractivity contribution >= 4 is 28.3 Å². The molecule has 154 valence electrons. The third kappa shape index (κ3) is 3.39. The molecular formula is C23H24FN5O. The number of carbonyl (C=O) groups excluding carboxylic acids is 1. The van der Waals surface area contributed by atoms with Crippen molar-refractivity contribution in [3.05, 3.63) is 60.2 Å². The number of halogens is 1. The Bertz CT molecular complexity index is 1080. The molecule has 2 atom stereocenters. The van der Waals surface area contributed by atoms with E-state index in [9.17, 15) is 9.18 Å². The number of nitrogens with zero attached hydrogens (tertiary/aromatic N) is 4. The monoisotopic (exact) mass is 405 g/mol. The third-order valence-corrected chi connectivity index (χ3v) is 6.23. The molecule has 2 aliphatic rings. The smallest absolute Gasteiger partial charge is 0.238 e. The highest BCUT2D eigenvalue weighted by Crippen LogP contribution is 2.36. The van der Waals surface area contributed by atoms with E-state index in [1.807, 2.05) is 18.2 Å². The Hall–Kier alpha value is -3.06. The predicted octanol–water partition coefficient (Wildman–Crippen LogP) is 3.37. The second kappa shape index (κ2) is 7.65. The Morgan fingerprint density at radius 1 is 1.10 bits per heavy atom. The fourth-order valence-electron chi connectivity index (χ4n) is 4.80. The highest BCUT2D eigenvalue weighted by Gasteiger charge is 2.41. The van der Waals surface area contributed by atoms with Gasteiger partial charge in [0, 0.05) is 41.8 Å². The largest absolute Gasteiger partial charge is 0.347 e. The van der Waals surface area contributed by atoms with Gasteiger partial charge in [-0.2, -0.15) is 0 Å². The van der Waals surface area contributed by atoms with Gasteiger partial charge in [0.05, 0.1) is 12.1 Å². The number of carbonyl (C=O) groups is 1. The molecule has 7 heteroatoms. The quantitative estimate of drug-likeness (QED) is 0.721. The average Bonchev–Trinajstić information content (AvgIpc) is 3.01. The Morgan fingerprint density at radius 3 is 2.67 bits per heavy atom. The van der Waals surface area contributed by atoms with Crippen LogP contribution in [0.3, 0.4) is 0 Å². The fourth-order valence-corrected chi connectivity index (χ4v) is 4.80. The van der Waals surface area contributed by atoms with E-state index in [0.29, 0.717) is 29.9 Å². The average molecular weight is 405 g/mol. The maximum atomic E-state index is 13.7. The lowest BCUT2D eigenvalue weighted by atomic mass is 10.1. The van der Waals surface area contributed by atoms with Crippen LogP contribution in [-0.2, 0) is 4.79 Å². The van der Waals surface area contributed by atoms with Crippen LogP contribution in [0, 0.1) is 12.7 Å². The molecule has 0 aliphatic carbocycles. The molecule has 6 nitrogen and oxygen atoms in total. The van der Waals surface area contributed by atoms with Gasteiger partial charge in [-0.15, -0.1) is 0 Å². The van der Waals surface area contributed by atoms with Gasteiger partial charge in [0.15, 0.2) is 0 Å². The first kappa shape index (κ1) is 18.9. The minimum Gasteiger partial charge on any atom is -0.347 e. The molecule has 2 bridgehead atoms. The normalized spacial score (nSPS) is 21.2. The summed E-state index contributed by atoms with van der Waals surface area (Å²) in [5.41, 5.74) is 1.95. The van der Waals surface area contributed by atoms with Gasteiger partial charge in [0.2, 0.25) is 5.91 Å². The summed E-state index contributed by atoms with van der Waals surface area (Å²) in [5, 5.41) is 3.93. The van der Waals surface area contributed by atoms with E-state index in [-0.39, 0.29) is 11.7 Å². The number of hydrogen-bond donors (Lipinski definition) is 1. The van der Waals surface area contributed by atoms with Crippen LogP contribution in [0.25, 0.3) is 10.9 Å². The molecule has 1 amide bonds. The first-order chi connectivity index (χ1) is 14.6. The van der Waals surface area contributed by atoms with Crippen LogP contribution >= 0.6 is 0 Å². The Labute approximate surface area is 174 Å². The summed E-state index contributed by atoms with van der Waals surface area (Å²) in [5.74, 6) is 0.577. The molecule has 1 aromatic heterocycles. The van der Waals surface area contributed by atoms with Crippen LogP contribution in [-0.4, -0.2) is 52.5 Å². The molecule has 0 radical (unpaired) electrons. The van der Waals surface area contributed by atoms with Gasteiger partial charge in [-0.3, -0.25) is 9.69 Å². The van der Waals surface area contributed by atoms with Crippen LogP contribution in [0.2, 0.25) is 0 Å². The molecule has 3 heterocycles. The number of likely N-dealkylation sites (tertiary alicyclic amines) is 1. The van der Waals surface area contributed by atoms with Gasteiger partial charge in [-0.05, 0) is 44.0 Å². The number of amides is 1. The van der Waals surface area contributed by atoms with E-state index in [4.69, 9.17) is 0 Å². The zero-order valence-corrected chi connectivity index (χ0v) is 16.9. The number of anilines is 2. The molecule has 5 rings (SSSR count). The summed E-state index contributed by atoms with van der Waals surface area (Å²) in [6.45, 7) is 3.60. The summed E-state index contributed by atoms with van der Waals surface area (Å²) in [7, 11) is 0. The number of fused-ring (bicyclic) bond motifs is 3. The maximum absolute atomic E-state index is 13.7. The van der Waals surface area contributed by atoms with Gasteiger partial charge in [0.1, 0.15) is 18.0 Å². The van der Waals surface area contributed by atoms with E-state index in [1.165, 1.54) is 6.07 Å². The second-order valence-corrected chi connectivity index (χ2v) is 8.16. The predicted molar refractivity (Wildman–Crippen MR) is 115 cm³/mol. The molecule has 2 saturated heterocycles. The van der Waals surface area contributed by atoms with Crippen molar-refractivity contribution in [1.29, 1.82) is 0 Å². The highest BCUT2D eigenvalue weighted by molar-refractivity contribution is 5.93.